The van der Waals surface area contributed by atoms with Gasteiger partial charge in [-0.15, -0.1) is 0 Å². The highest BCUT2D eigenvalue weighted by atomic mass is 16.6. The van der Waals surface area contributed by atoms with Crippen LogP contribution in [0.1, 0.15) is 10.6 Å². The van der Waals surface area contributed by atoms with Crippen molar-refractivity contribution >= 4 is 17.3 Å². The zero-order valence-electron chi connectivity index (χ0n) is 12.3. The first kappa shape index (κ1) is 15.3. The number of non-ortho nitro benzene ring substituents is 1. The van der Waals surface area contributed by atoms with Crippen LogP contribution in [0.4, 0.5) is 11.4 Å². The van der Waals surface area contributed by atoms with Crippen LogP contribution in [0.25, 0.3) is 11.3 Å². The number of hydrogen-bond donors (Lipinski definition) is 2. The smallest absolute Gasteiger partial charge is 0.291 e. The van der Waals surface area contributed by atoms with Crippen molar-refractivity contribution in [1.29, 1.82) is 0 Å². The molecule has 2 aromatic carbocycles. The maximum absolute atomic E-state index is 12.1. The van der Waals surface area contributed by atoms with Gasteiger partial charge in [0.1, 0.15) is 11.5 Å². The Balaban J connectivity index is 1.80. The number of benzene rings is 2. The van der Waals surface area contributed by atoms with E-state index in [1.54, 1.807) is 30.3 Å². The minimum Gasteiger partial charge on any atom is -0.508 e. The lowest BCUT2D eigenvalue weighted by Crippen LogP contribution is -2.10. The van der Waals surface area contributed by atoms with Crippen molar-refractivity contribution in [3.63, 3.8) is 0 Å². The second-order valence-electron chi connectivity index (χ2n) is 4.97. The zero-order valence-corrected chi connectivity index (χ0v) is 12.3. The average molecular weight is 324 g/mol. The molecule has 1 aromatic heterocycles. The first-order chi connectivity index (χ1) is 11.5. The van der Waals surface area contributed by atoms with Gasteiger partial charge in [-0.25, -0.2) is 0 Å². The number of anilines is 1. The van der Waals surface area contributed by atoms with E-state index in [9.17, 15) is 20.0 Å². The van der Waals surface area contributed by atoms with Crippen LogP contribution < -0.4 is 5.32 Å². The third kappa shape index (κ3) is 3.25. The van der Waals surface area contributed by atoms with Crippen LogP contribution >= 0.6 is 0 Å². The Morgan fingerprint density at radius 2 is 1.83 bits per heavy atom. The second-order valence-corrected chi connectivity index (χ2v) is 4.97. The highest BCUT2D eigenvalue weighted by Crippen LogP contribution is 2.26. The van der Waals surface area contributed by atoms with Gasteiger partial charge in [0.05, 0.1) is 4.92 Å². The number of nitro groups is 1. The van der Waals surface area contributed by atoms with Crippen molar-refractivity contribution in [2.75, 3.05) is 5.32 Å². The lowest BCUT2D eigenvalue weighted by atomic mass is 10.1. The molecule has 0 aliphatic heterocycles. The molecule has 0 saturated heterocycles. The van der Waals surface area contributed by atoms with E-state index in [-0.39, 0.29) is 17.2 Å². The second kappa shape index (κ2) is 6.25. The first-order valence-electron chi connectivity index (χ1n) is 6.98. The van der Waals surface area contributed by atoms with E-state index in [4.69, 9.17) is 4.42 Å². The fourth-order valence-electron chi connectivity index (χ4n) is 2.13. The molecule has 7 nitrogen and oxygen atoms in total. The fourth-order valence-corrected chi connectivity index (χ4v) is 2.13. The maximum Gasteiger partial charge on any atom is 0.291 e. The maximum atomic E-state index is 12.1. The molecule has 3 aromatic rings. The molecular weight excluding hydrogens is 312 g/mol. The normalized spacial score (nSPS) is 10.3. The Morgan fingerprint density at radius 3 is 2.54 bits per heavy atom. The van der Waals surface area contributed by atoms with Crippen LogP contribution in [0.15, 0.2) is 65.1 Å². The van der Waals surface area contributed by atoms with Crippen LogP contribution in [0.2, 0.25) is 0 Å². The van der Waals surface area contributed by atoms with Crippen molar-refractivity contribution < 1.29 is 19.2 Å². The van der Waals surface area contributed by atoms with Crippen molar-refractivity contribution in [2.24, 2.45) is 0 Å². The van der Waals surface area contributed by atoms with E-state index in [1.807, 2.05) is 0 Å². The quantitative estimate of drug-likeness (QED) is 0.431. The Kier molecular flexibility index (Phi) is 3.98. The molecule has 7 heteroatoms. The van der Waals surface area contributed by atoms with E-state index in [1.165, 1.54) is 30.3 Å². The number of nitro benzene ring substituents is 1. The number of amides is 1. The number of furan rings is 1. The largest absolute Gasteiger partial charge is 0.508 e. The Bertz CT molecular complexity index is 899. The molecule has 0 aliphatic carbocycles. The number of phenolic OH excluding ortho intramolecular Hbond substituents is 1. The molecular formula is C17H12N2O5. The molecule has 0 fully saturated rings. The summed E-state index contributed by atoms with van der Waals surface area (Å²) < 4.78 is 5.48. The van der Waals surface area contributed by atoms with Crippen LogP contribution in [-0.4, -0.2) is 15.9 Å². The highest BCUT2D eigenvalue weighted by molar-refractivity contribution is 6.02. The molecule has 0 atom stereocenters. The van der Waals surface area contributed by atoms with Gasteiger partial charge in [-0.3, -0.25) is 14.9 Å². The number of rotatable bonds is 4. The summed E-state index contributed by atoms with van der Waals surface area (Å²) in [5, 5.41) is 22.7. The van der Waals surface area contributed by atoms with E-state index in [0.717, 1.165) is 0 Å². The number of nitrogens with one attached hydrogen (secondary N) is 1. The van der Waals surface area contributed by atoms with E-state index < -0.39 is 10.8 Å². The topological polar surface area (TPSA) is 106 Å². The van der Waals surface area contributed by atoms with Crippen LogP contribution in [0.5, 0.6) is 5.75 Å². The summed E-state index contributed by atoms with van der Waals surface area (Å²) in [6.45, 7) is 0. The van der Waals surface area contributed by atoms with Gasteiger partial charge < -0.3 is 14.8 Å². The SMILES string of the molecule is O=C(Nc1ccc(O)cc1)c1ccc(-c2cccc([N+](=O)[O-])c2)o1. The third-order valence-electron chi connectivity index (χ3n) is 3.30. The summed E-state index contributed by atoms with van der Waals surface area (Å²) in [5.74, 6) is 0.0652. The Hall–Kier alpha value is -3.61. The van der Waals surface area contributed by atoms with Crippen molar-refractivity contribution in [3.8, 4) is 17.1 Å². The molecule has 0 saturated carbocycles. The Labute approximate surface area is 136 Å². The molecule has 0 aliphatic rings. The van der Waals surface area contributed by atoms with Crippen LogP contribution in [-0.2, 0) is 0 Å². The summed E-state index contributed by atoms with van der Waals surface area (Å²) in [4.78, 5) is 22.5. The van der Waals surface area contributed by atoms with Crippen molar-refractivity contribution in [3.05, 3.63) is 76.5 Å². The summed E-state index contributed by atoms with van der Waals surface area (Å²) >= 11 is 0. The molecule has 1 amide bonds. The standard InChI is InChI=1S/C17H12N2O5/c20-14-6-4-12(5-7-14)18-17(21)16-9-8-15(24-16)11-2-1-3-13(10-11)19(22)23/h1-10,20H,(H,18,21). The van der Waals surface area contributed by atoms with Crippen LogP contribution in [0, 0.1) is 10.1 Å². The summed E-state index contributed by atoms with van der Waals surface area (Å²) in [5.41, 5.74) is 0.956. The van der Waals surface area contributed by atoms with Gasteiger partial charge in [0.25, 0.3) is 11.6 Å². The predicted octanol–water partition coefficient (Wildman–Crippen LogP) is 3.81. The average Bonchev–Trinajstić information content (AvgIpc) is 3.07. The molecule has 0 radical (unpaired) electrons. The number of nitrogens with zero attached hydrogens (tertiary/aromatic N) is 1. The minimum absolute atomic E-state index is 0.0565. The molecule has 3 rings (SSSR count). The van der Waals surface area contributed by atoms with E-state index in [2.05, 4.69) is 5.32 Å². The van der Waals surface area contributed by atoms with Gasteiger partial charge in [0, 0.05) is 23.4 Å². The van der Waals surface area contributed by atoms with Crippen molar-refractivity contribution in [2.45, 2.75) is 0 Å². The number of phenols is 1. The zero-order chi connectivity index (χ0) is 17.1. The fraction of sp³-hybridized carbons (Fsp3) is 0. The minimum atomic E-state index is -0.495. The molecule has 24 heavy (non-hydrogen) atoms. The first-order valence-corrected chi connectivity index (χ1v) is 6.98. The predicted molar refractivity (Wildman–Crippen MR) is 86.9 cm³/mol. The molecule has 1 heterocycles. The van der Waals surface area contributed by atoms with Crippen LogP contribution in [0.3, 0.4) is 0 Å². The molecule has 0 bridgehead atoms. The van der Waals surface area contributed by atoms with E-state index >= 15 is 0 Å². The summed E-state index contributed by atoms with van der Waals surface area (Å²) in [7, 11) is 0. The van der Waals surface area contributed by atoms with Crippen molar-refractivity contribution in [1.82, 2.24) is 0 Å². The van der Waals surface area contributed by atoms with Gasteiger partial charge in [0.15, 0.2) is 5.76 Å². The summed E-state index contributed by atoms with van der Waals surface area (Å²) in [6, 6.07) is 15.0. The lowest BCUT2D eigenvalue weighted by molar-refractivity contribution is -0.384. The number of carbonyl (C=O) groups is 1. The van der Waals surface area contributed by atoms with E-state index in [0.29, 0.717) is 17.0 Å². The number of hydrogen-bond acceptors (Lipinski definition) is 5. The monoisotopic (exact) mass is 324 g/mol. The third-order valence-corrected chi connectivity index (χ3v) is 3.30. The van der Waals surface area contributed by atoms with Gasteiger partial charge in [-0.2, -0.15) is 0 Å². The molecule has 2 N–H and O–H groups in total. The molecule has 120 valence electrons. The number of aromatic hydroxyl groups is 1. The summed E-state index contributed by atoms with van der Waals surface area (Å²) in [6.07, 6.45) is 0. The highest BCUT2D eigenvalue weighted by Gasteiger charge is 2.14. The van der Waals surface area contributed by atoms with Gasteiger partial charge in [-0.05, 0) is 36.4 Å². The Morgan fingerprint density at radius 1 is 1.08 bits per heavy atom. The van der Waals surface area contributed by atoms with Gasteiger partial charge >= 0.3 is 0 Å². The van der Waals surface area contributed by atoms with Gasteiger partial charge in [0.2, 0.25) is 0 Å². The molecule has 0 spiro atoms. The lowest BCUT2D eigenvalue weighted by Gasteiger charge is -2.03. The molecule has 0 unspecified atom stereocenters. The number of carbonyl (C=O) groups excluding carboxylic acids is 1. The van der Waals surface area contributed by atoms with Gasteiger partial charge in [-0.1, -0.05) is 12.1 Å².